The molecule has 6 aromatic rings. The summed E-state index contributed by atoms with van der Waals surface area (Å²) in [6.07, 6.45) is 7.31. The van der Waals surface area contributed by atoms with Crippen molar-refractivity contribution in [3.05, 3.63) is 60.7 Å². The summed E-state index contributed by atoms with van der Waals surface area (Å²) < 4.78 is 0. The number of nitrogens with zero attached hydrogens (tertiary/aromatic N) is 4. The summed E-state index contributed by atoms with van der Waals surface area (Å²) in [6.45, 7) is 4.46. The predicted octanol–water partition coefficient (Wildman–Crippen LogP) is 5.17. The van der Waals surface area contributed by atoms with Crippen LogP contribution in [0.2, 0.25) is 0 Å². The molecule has 0 aliphatic rings. The second-order valence-electron chi connectivity index (χ2n) is 7.81. The fraction of sp³-hybridized carbons (Fsp3) is 0.130. The molecule has 0 bridgehead atoms. The Hall–Kier alpha value is -4.00. The number of aromatic nitrogens is 7. The lowest BCUT2D eigenvalue weighted by Crippen LogP contribution is -1.91. The van der Waals surface area contributed by atoms with Crippen molar-refractivity contribution in [2.45, 2.75) is 19.8 Å². The van der Waals surface area contributed by atoms with Crippen LogP contribution in [0.1, 0.15) is 25.3 Å². The van der Waals surface area contributed by atoms with E-state index in [2.05, 4.69) is 67.4 Å². The van der Waals surface area contributed by atoms with Gasteiger partial charge in [0, 0.05) is 39.6 Å². The van der Waals surface area contributed by atoms with Gasteiger partial charge in [0.2, 0.25) is 0 Å². The lowest BCUT2D eigenvalue weighted by molar-refractivity contribution is 0.878. The molecule has 0 aliphatic heterocycles. The van der Waals surface area contributed by atoms with Crippen LogP contribution < -0.4 is 0 Å². The smallest absolute Gasteiger partial charge is 0.155 e. The van der Waals surface area contributed by atoms with E-state index in [1.807, 2.05) is 36.9 Å². The maximum Gasteiger partial charge on any atom is 0.155 e. The Morgan fingerprint density at radius 2 is 1.43 bits per heavy atom. The molecule has 0 unspecified atom stereocenters. The van der Waals surface area contributed by atoms with Gasteiger partial charge in [-0.2, -0.15) is 10.2 Å². The maximum absolute atomic E-state index is 4.39. The predicted molar refractivity (Wildman–Crippen MR) is 118 cm³/mol. The van der Waals surface area contributed by atoms with Crippen molar-refractivity contribution < 1.29 is 0 Å². The van der Waals surface area contributed by atoms with Gasteiger partial charge in [-0.25, -0.2) is 9.97 Å². The fourth-order valence-electron chi connectivity index (χ4n) is 4.36. The van der Waals surface area contributed by atoms with Crippen molar-refractivity contribution in [1.29, 1.82) is 0 Å². The molecular formula is C23H19N7. The number of fused-ring (bicyclic) bond motifs is 3. The standard InChI is InChI=1S/C23H19N7/c1-12(2)20-16-9-13(14-5-7-24-22-17(14)10-26-29-22)3-4-19(16)28-21(20)15-6-8-25-23-18(15)11-27-30-23/h3-12,28H,1-2H3,(H,24,26,29)(H,25,27,30). The zero-order chi connectivity index (χ0) is 20.2. The zero-order valence-electron chi connectivity index (χ0n) is 16.6. The third-order valence-electron chi connectivity index (χ3n) is 5.70. The Bertz CT molecular complexity index is 1530. The number of pyridine rings is 2. The van der Waals surface area contributed by atoms with E-state index in [-0.39, 0.29) is 0 Å². The second-order valence-corrected chi connectivity index (χ2v) is 7.81. The zero-order valence-corrected chi connectivity index (χ0v) is 16.6. The number of rotatable bonds is 3. The average molecular weight is 393 g/mol. The van der Waals surface area contributed by atoms with Gasteiger partial charge in [-0.15, -0.1) is 0 Å². The number of nitrogens with one attached hydrogen (secondary N) is 3. The first-order valence-corrected chi connectivity index (χ1v) is 9.93. The Labute approximate surface area is 171 Å². The van der Waals surface area contributed by atoms with Gasteiger partial charge in [-0.1, -0.05) is 19.9 Å². The molecule has 0 fully saturated rings. The number of benzene rings is 1. The van der Waals surface area contributed by atoms with Gasteiger partial charge in [-0.05, 0) is 46.9 Å². The molecule has 0 spiro atoms. The molecule has 0 radical (unpaired) electrons. The van der Waals surface area contributed by atoms with Crippen LogP contribution in [0.5, 0.6) is 0 Å². The highest BCUT2D eigenvalue weighted by atomic mass is 15.1. The fourth-order valence-corrected chi connectivity index (χ4v) is 4.36. The highest BCUT2D eigenvalue weighted by Gasteiger charge is 2.19. The largest absolute Gasteiger partial charge is 0.354 e. The summed E-state index contributed by atoms with van der Waals surface area (Å²) in [4.78, 5) is 12.4. The maximum atomic E-state index is 4.39. The molecule has 0 saturated carbocycles. The molecule has 3 N–H and O–H groups in total. The summed E-state index contributed by atoms with van der Waals surface area (Å²) in [6, 6.07) is 10.7. The Morgan fingerprint density at radius 3 is 2.13 bits per heavy atom. The van der Waals surface area contributed by atoms with E-state index in [4.69, 9.17) is 0 Å². The minimum absolute atomic E-state index is 0.338. The summed E-state index contributed by atoms with van der Waals surface area (Å²) in [5.74, 6) is 0.338. The van der Waals surface area contributed by atoms with Crippen molar-refractivity contribution in [3.63, 3.8) is 0 Å². The van der Waals surface area contributed by atoms with Crippen molar-refractivity contribution in [1.82, 2.24) is 35.3 Å². The average Bonchev–Trinajstić information content (AvgIpc) is 3.49. The van der Waals surface area contributed by atoms with E-state index in [0.29, 0.717) is 5.92 Å². The highest BCUT2D eigenvalue weighted by molar-refractivity contribution is 6.01. The molecule has 7 heteroatoms. The van der Waals surface area contributed by atoms with Gasteiger partial charge in [0.05, 0.1) is 18.1 Å². The van der Waals surface area contributed by atoms with Crippen LogP contribution in [0.3, 0.4) is 0 Å². The SMILES string of the molecule is CC(C)c1c(-c2ccnc3[nH]ncc23)[nH]c2ccc(-c3ccnc4[nH]ncc34)cc12. The Morgan fingerprint density at radius 1 is 0.767 bits per heavy atom. The van der Waals surface area contributed by atoms with E-state index in [1.54, 1.807) is 0 Å². The van der Waals surface area contributed by atoms with Gasteiger partial charge in [0.15, 0.2) is 11.3 Å². The van der Waals surface area contributed by atoms with Gasteiger partial charge in [-0.3, -0.25) is 10.2 Å². The first-order valence-electron chi connectivity index (χ1n) is 9.93. The normalized spacial score (nSPS) is 12.0. The van der Waals surface area contributed by atoms with Crippen LogP contribution >= 0.6 is 0 Å². The van der Waals surface area contributed by atoms with E-state index >= 15 is 0 Å². The van der Waals surface area contributed by atoms with Crippen LogP contribution in [0, 0.1) is 0 Å². The number of H-pyrrole nitrogens is 3. The molecule has 6 rings (SSSR count). The number of aromatic amines is 3. The summed E-state index contributed by atoms with van der Waals surface area (Å²) in [5.41, 5.74) is 8.49. The lowest BCUT2D eigenvalue weighted by Gasteiger charge is -2.10. The summed E-state index contributed by atoms with van der Waals surface area (Å²) in [7, 11) is 0. The van der Waals surface area contributed by atoms with E-state index < -0.39 is 0 Å². The second kappa shape index (κ2) is 6.25. The van der Waals surface area contributed by atoms with Crippen molar-refractivity contribution in [2.75, 3.05) is 0 Å². The molecule has 0 atom stereocenters. The molecular weight excluding hydrogens is 374 g/mol. The van der Waals surface area contributed by atoms with Crippen LogP contribution in [0.15, 0.2) is 55.1 Å². The van der Waals surface area contributed by atoms with Crippen LogP contribution in [-0.4, -0.2) is 35.3 Å². The lowest BCUT2D eigenvalue weighted by atomic mass is 9.93. The Kier molecular flexibility index (Phi) is 3.52. The molecule has 5 aromatic heterocycles. The van der Waals surface area contributed by atoms with Crippen molar-refractivity contribution >= 4 is 33.0 Å². The van der Waals surface area contributed by atoms with Gasteiger partial charge in [0.25, 0.3) is 0 Å². The van der Waals surface area contributed by atoms with Crippen molar-refractivity contribution in [3.8, 4) is 22.4 Å². The molecule has 7 nitrogen and oxygen atoms in total. The first kappa shape index (κ1) is 16.9. The Balaban J connectivity index is 1.63. The van der Waals surface area contributed by atoms with E-state index in [9.17, 15) is 0 Å². The molecule has 146 valence electrons. The van der Waals surface area contributed by atoms with Gasteiger partial charge >= 0.3 is 0 Å². The molecule has 1 aromatic carbocycles. The molecule has 5 heterocycles. The third kappa shape index (κ3) is 2.38. The molecule has 0 amide bonds. The topological polar surface area (TPSA) is 98.9 Å². The summed E-state index contributed by atoms with van der Waals surface area (Å²) >= 11 is 0. The molecule has 0 saturated heterocycles. The molecule has 30 heavy (non-hydrogen) atoms. The third-order valence-corrected chi connectivity index (χ3v) is 5.70. The minimum Gasteiger partial charge on any atom is -0.354 e. The van der Waals surface area contributed by atoms with Gasteiger partial charge in [0.1, 0.15) is 0 Å². The monoisotopic (exact) mass is 393 g/mol. The van der Waals surface area contributed by atoms with Crippen LogP contribution in [0.25, 0.3) is 55.4 Å². The van der Waals surface area contributed by atoms with Crippen LogP contribution in [0.4, 0.5) is 0 Å². The minimum atomic E-state index is 0.338. The summed E-state index contributed by atoms with van der Waals surface area (Å²) in [5, 5.41) is 17.5. The number of hydrogen-bond donors (Lipinski definition) is 3. The number of hydrogen-bond acceptors (Lipinski definition) is 4. The first-order chi connectivity index (χ1) is 14.7. The van der Waals surface area contributed by atoms with Crippen LogP contribution in [-0.2, 0) is 0 Å². The highest BCUT2D eigenvalue weighted by Crippen LogP contribution is 2.39. The van der Waals surface area contributed by atoms with E-state index in [0.717, 1.165) is 50.0 Å². The van der Waals surface area contributed by atoms with Gasteiger partial charge < -0.3 is 4.98 Å². The van der Waals surface area contributed by atoms with E-state index in [1.165, 1.54) is 10.9 Å². The quantitative estimate of drug-likeness (QED) is 0.386. The van der Waals surface area contributed by atoms with Crippen molar-refractivity contribution in [2.24, 2.45) is 0 Å². The molecule has 0 aliphatic carbocycles.